The van der Waals surface area contributed by atoms with E-state index in [4.69, 9.17) is 9.84 Å². The number of ether oxygens (including phenoxy) is 1. The van der Waals surface area contributed by atoms with Crippen molar-refractivity contribution in [3.05, 3.63) is 22.4 Å². The van der Waals surface area contributed by atoms with Crippen molar-refractivity contribution in [1.29, 1.82) is 0 Å². The number of hydrogen-bond donors (Lipinski definition) is 1. The third-order valence-electron chi connectivity index (χ3n) is 2.19. The Morgan fingerprint density at radius 1 is 1.47 bits per heavy atom. The molecule has 0 aliphatic carbocycles. The molecule has 4 heteroatoms. The summed E-state index contributed by atoms with van der Waals surface area (Å²) in [5.41, 5.74) is 0. The van der Waals surface area contributed by atoms with Gasteiger partial charge in [0, 0.05) is 18.0 Å². The van der Waals surface area contributed by atoms with Gasteiger partial charge in [-0.25, -0.2) is 0 Å². The van der Waals surface area contributed by atoms with Crippen LogP contribution in [0.1, 0.15) is 11.8 Å². The summed E-state index contributed by atoms with van der Waals surface area (Å²) in [5.74, 6) is 0. The number of likely N-dealkylation sites (N-methyl/N-ethyl adjacent to an activating group) is 1. The van der Waals surface area contributed by atoms with Gasteiger partial charge in [-0.15, -0.1) is 11.3 Å². The minimum atomic E-state index is 0.108. The summed E-state index contributed by atoms with van der Waals surface area (Å²) in [7, 11) is 0. The van der Waals surface area contributed by atoms with Crippen LogP contribution in [0.3, 0.4) is 0 Å². The van der Waals surface area contributed by atoms with Gasteiger partial charge in [0.25, 0.3) is 0 Å². The maximum Gasteiger partial charge on any atom is 0.0698 e. The van der Waals surface area contributed by atoms with Gasteiger partial charge in [0.15, 0.2) is 0 Å². The van der Waals surface area contributed by atoms with Crippen LogP contribution in [-0.4, -0.2) is 42.9 Å². The third-order valence-corrected chi connectivity index (χ3v) is 3.06. The molecule has 0 spiro atoms. The molecule has 0 aliphatic heterocycles. The smallest absolute Gasteiger partial charge is 0.0698 e. The number of aliphatic hydroxyl groups is 1. The maximum atomic E-state index is 8.56. The molecule has 1 N–H and O–H groups in total. The van der Waals surface area contributed by atoms with Crippen LogP contribution in [0.15, 0.2) is 17.5 Å². The average Bonchev–Trinajstić information content (AvgIpc) is 2.75. The van der Waals surface area contributed by atoms with Crippen molar-refractivity contribution in [2.75, 3.05) is 32.9 Å². The SMILES string of the molecule is CCN(CCOCCO)Cc1cccs1. The maximum absolute atomic E-state index is 8.56. The standard InChI is InChI=1S/C11H19NO2S/c1-2-12(5-7-14-8-6-13)10-11-4-3-9-15-11/h3-4,9,13H,2,5-8,10H2,1H3. The molecule has 3 nitrogen and oxygen atoms in total. The first-order chi connectivity index (χ1) is 7.36. The van der Waals surface area contributed by atoms with Crippen LogP contribution in [0.25, 0.3) is 0 Å². The molecule has 0 bridgehead atoms. The van der Waals surface area contributed by atoms with E-state index in [1.807, 2.05) is 0 Å². The molecule has 0 radical (unpaired) electrons. The second-order valence-corrected chi connectivity index (χ2v) is 4.32. The monoisotopic (exact) mass is 229 g/mol. The van der Waals surface area contributed by atoms with E-state index < -0.39 is 0 Å². The molecule has 1 aromatic heterocycles. The van der Waals surface area contributed by atoms with Crippen LogP contribution in [0.5, 0.6) is 0 Å². The van der Waals surface area contributed by atoms with Crippen LogP contribution in [0.4, 0.5) is 0 Å². The number of rotatable bonds is 8. The zero-order valence-corrected chi connectivity index (χ0v) is 10.0. The Bertz CT molecular complexity index is 239. The molecule has 1 rings (SSSR count). The summed E-state index contributed by atoms with van der Waals surface area (Å²) in [6.45, 7) is 6.35. The van der Waals surface area contributed by atoms with Crippen molar-refractivity contribution in [2.45, 2.75) is 13.5 Å². The summed E-state index contributed by atoms with van der Waals surface area (Å²) in [6, 6.07) is 4.23. The average molecular weight is 229 g/mol. The van der Waals surface area contributed by atoms with E-state index in [1.165, 1.54) is 4.88 Å². The highest BCUT2D eigenvalue weighted by Crippen LogP contribution is 2.11. The topological polar surface area (TPSA) is 32.7 Å². The molecular formula is C11H19NO2S. The van der Waals surface area contributed by atoms with Crippen LogP contribution in [-0.2, 0) is 11.3 Å². The summed E-state index contributed by atoms with van der Waals surface area (Å²) in [4.78, 5) is 3.72. The van der Waals surface area contributed by atoms with E-state index in [2.05, 4.69) is 29.3 Å². The lowest BCUT2D eigenvalue weighted by atomic mass is 10.4. The lowest BCUT2D eigenvalue weighted by Crippen LogP contribution is -2.27. The van der Waals surface area contributed by atoms with Gasteiger partial charge in [-0.2, -0.15) is 0 Å². The minimum Gasteiger partial charge on any atom is -0.394 e. The molecule has 0 aromatic carbocycles. The van der Waals surface area contributed by atoms with E-state index in [0.29, 0.717) is 13.2 Å². The van der Waals surface area contributed by atoms with E-state index >= 15 is 0 Å². The Morgan fingerprint density at radius 3 is 2.93 bits per heavy atom. The molecule has 0 fully saturated rings. The van der Waals surface area contributed by atoms with Crippen LogP contribution < -0.4 is 0 Å². The van der Waals surface area contributed by atoms with Gasteiger partial charge in [-0.05, 0) is 18.0 Å². The van der Waals surface area contributed by atoms with Crippen LogP contribution in [0.2, 0.25) is 0 Å². The molecule has 0 unspecified atom stereocenters. The Labute approximate surface area is 95.3 Å². The first-order valence-corrected chi connectivity index (χ1v) is 6.18. The third kappa shape index (κ3) is 5.28. The van der Waals surface area contributed by atoms with Gasteiger partial charge in [0.2, 0.25) is 0 Å². The van der Waals surface area contributed by atoms with Gasteiger partial charge in [-0.3, -0.25) is 4.90 Å². The van der Waals surface area contributed by atoms with E-state index in [9.17, 15) is 0 Å². The molecule has 0 atom stereocenters. The first-order valence-electron chi connectivity index (χ1n) is 5.30. The van der Waals surface area contributed by atoms with Crippen molar-refractivity contribution in [3.63, 3.8) is 0 Å². The van der Waals surface area contributed by atoms with Crippen molar-refractivity contribution in [1.82, 2.24) is 4.90 Å². The highest BCUT2D eigenvalue weighted by atomic mass is 32.1. The van der Waals surface area contributed by atoms with Crippen molar-refractivity contribution < 1.29 is 9.84 Å². The lowest BCUT2D eigenvalue weighted by molar-refractivity contribution is 0.0734. The molecule has 0 amide bonds. The second kappa shape index (κ2) is 7.82. The number of hydrogen-bond acceptors (Lipinski definition) is 4. The van der Waals surface area contributed by atoms with Gasteiger partial charge in [-0.1, -0.05) is 13.0 Å². The predicted molar refractivity (Wildman–Crippen MR) is 63.2 cm³/mol. The van der Waals surface area contributed by atoms with E-state index in [1.54, 1.807) is 11.3 Å². The molecule has 0 saturated carbocycles. The number of aliphatic hydroxyl groups excluding tert-OH is 1. The molecule has 1 aromatic rings. The fourth-order valence-electron chi connectivity index (χ4n) is 1.33. The fourth-order valence-corrected chi connectivity index (χ4v) is 2.08. The zero-order chi connectivity index (χ0) is 10.9. The molecule has 1 heterocycles. The van der Waals surface area contributed by atoms with Crippen molar-refractivity contribution in [3.8, 4) is 0 Å². The summed E-state index contributed by atoms with van der Waals surface area (Å²) < 4.78 is 5.25. The van der Waals surface area contributed by atoms with E-state index in [0.717, 1.165) is 19.6 Å². The second-order valence-electron chi connectivity index (χ2n) is 3.28. The number of nitrogens with zero attached hydrogens (tertiary/aromatic N) is 1. The zero-order valence-electron chi connectivity index (χ0n) is 9.19. The quantitative estimate of drug-likeness (QED) is 0.687. The van der Waals surface area contributed by atoms with Crippen molar-refractivity contribution in [2.24, 2.45) is 0 Å². The summed E-state index contributed by atoms with van der Waals surface area (Å²) >= 11 is 1.79. The highest BCUT2D eigenvalue weighted by molar-refractivity contribution is 7.09. The van der Waals surface area contributed by atoms with Crippen LogP contribution in [0, 0.1) is 0 Å². The number of thiophene rings is 1. The normalized spacial score (nSPS) is 11.1. The first kappa shape index (κ1) is 12.6. The van der Waals surface area contributed by atoms with Gasteiger partial charge in [0.05, 0.1) is 19.8 Å². The van der Waals surface area contributed by atoms with Gasteiger partial charge >= 0.3 is 0 Å². The minimum absolute atomic E-state index is 0.108. The highest BCUT2D eigenvalue weighted by Gasteiger charge is 2.03. The van der Waals surface area contributed by atoms with E-state index in [-0.39, 0.29) is 6.61 Å². The Kier molecular flexibility index (Phi) is 6.59. The predicted octanol–water partition coefficient (Wildman–Crippen LogP) is 1.58. The Balaban J connectivity index is 2.18. The van der Waals surface area contributed by atoms with Crippen molar-refractivity contribution >= 4 is 11.3 Å². The van der Waals surface area contributed by atoms with Gasteiger partial charge < -0.3 is 9.84 Å². The van der Waals surface area contributed by atoms with Crippen LogP contribution >= 0.6 is 11.3 Å². The van der Waals surface area contributed by atoms with Gasteiger partial charge in [0.1, 0.15) is 0 Å². The molecular weight excluding hydrogens is 210 g/mol. The fraction of sp³-hybridized carbons (Fsp3) is 0.636. The lowest BCUT2D eigenvalue weighted by Gasteiger charge is -2.19. The molecule has 86 valence electrons. The Morgan fingerprint density at radius 2 is 2.33 bits per heavy atom. The largest absolute Gasteiger partial charge is 0.394 e. The Hall–Kier alpha value is -0.420. The summed E-state index contributed by atoms with van der Waals surface area (Å²) in [6.07, 6.45) is 0. The molecule has 0 aliphatic rings. The summed E-state index contributed by atoms with van der Waals surface area (Å²) in [5, 5.41) is 10.7. The molecule has 0 saturated heterocycles. The molecule has 15 heavy (non-hydrogen) atoms.